The van der Waals surface area contributed by atoms with E-state index in [4.69, 9.17) is 9.47 Å². The zero-order valence-corrected chi connectivity index (χ0v) is 12.8. The van der Waals surface area contributed by atoms with E-state index in [1.807, 2.05) is 6.07 Å². The summed E-state index contributed by atoms with van der Waals surface area (Å²) in [5.41, 5.74) is 0.952. The fraction of sp³-hybridized carbons (Fsp3) is 0.167. The van der Waals surface area contributed by atoms with Crippen molar-refractivity contribution in [3.05, 3.63) is 65.7 Å². The van der Waals surface area contributed by atoms with Crippen molar-refractivity contribution in [2.75, 3.05) is 0 Å². The molecule has 0 fully saturated rings. The largest absolute Gasteiger partial charge is 0.449 e. The average molecular weight is 312 g/mol. The summed E-state index contributed by atoms with van der Waals surface area (Å²) in [6.07, 6.45) is -1.01. The monoisotopic (exact) mass is 312 g/mol. The van der Waals surface area contributed by atoms with Crippen molar-refractivity contribution in [2.45, 2.75) is 20.0 Å². The number of esters is 2. The lowest BCUT2D eigenvalue weighted by Gasteiger charge is -2.16. The molecule has 1 atom stereocenters. The van der Waals surface area contributed by atoms with Crippen molar-refractivity contribution >= 4 is 17.7 Å². The van der Waals surface area contributed by atoms with E-state index in [1.54, 1.807) is 24.3 Å². The Labute approximate surface area is 133 Å². The summed E-state index contributed by atoms with van der Waals surface area (Å²) in [5.74, 6) is -0.978. The first-order chi connectivity index (χ1) is 11.0. The molecule has 0 saturated heterocycles. The van der Waals surface area contributed by atoms with E-state index in [9.17, 15) is 14.4 Å². The maximum atomic E-state index is 12.6. The van der Waals surface area contributed by atoms with Crippen LogP contribution >= 0.6 is 0 Å². The second-order valence-electron chi connectivity index (χ2n) is 4.88. The number of ketones is 1. The highest BCUT2D eigenvalue weighted by Crippen LogP contribution is 2.24. The van der Waals surface area contributed by atoms with Crippen molar-refractivity contribution in [2.24, 2.45) is 0 Å². The van der Waals surface area contributed by atoms with Gasteiger partial charge in [0.25, 0.3) is 0 Å². The fourth-order valence-electron chi connectivity index (χ4n) is 2.07. The third kappa shape index (κ3) is 4.51. The van der Waals surface area contributed by atoms with Crippen LogP contribution < -0.4 is 4.74 Å². The Morgan fingerprint density at radius 1 is 0.826 bits per heavy atom. The first kappa shape index (κ1) is 16.4. The highest BCUT2D eigenvalue weighted by molar-refractivity contribution is 6.01. The van der Waals surface area contributed by atoms with Crippen LogP contribution in [-0.4, -0.2) is 17.7 Å². The number of carbonyl (C=O) groups is 3. The molecule has 2 aromatic carbocycles. The van der Waals surface area contributed by atoms with Crippen LogP contribution in [0.15, 0.2) is 54.6 Å². The van der Waals surface area contributed by atoms with Gasteiger partial charge in [0.05, 0.1) is 0 Å². The maximum Gasteiger partial charge on any atom is 0.308 e. The molecule has 0 aliphatic heterocycles. The summed E-state index contributed by atoms with van der Waals surface area (Å²) >= 11 is 0. The smallest absolute Gasteiger partial charge is 0.308 e. The van der Waals surface area contributed by atoms with Gasteiger partial charge in [-0.25, -0.2) is 0 Å². The second kappa shape index (κ2) is 7.35. The van der Waals surface area contributed by atoms with Gasteiger partial charge in [-0.05, 0) is 24.3 Å². The average Bonchev–Trinajstić information content (AvgIpc) is 2.53. The minimum Gasteiger partial charge on any atom is -0.449 e. The van der Waals surface area contributed by atoms with Gasteiger partial charge in [0.1, 0.15) is 5.75 Å². The molecule has 0 amide bonds. The van der Waals surface area contributed by atoms with Crippen LogP contribution in [0.5, 0.6) is 5.75 Å². The van der Waals surface area contributed by atoms with E-state index in [-0.39, 0.29) is 5.78 Å². The zero-order chi connectivity index (χ0) is 16.8. The molecule has 0 bridgehead atoms. The SMILES string of the molecule is CC(=O)Oc1ccc(C(=O)C(OC(C)=O)c2ccccc2)cc1. The molecule has 118 valence electrons. The molecule has 5 nitrogen and oxygen atoms in total. The molecular weight excluding hydrogens is 296 g/mol. The zero-order valence-electron chi connectivity index (χ0n) is 12.8. The number of benzene rings is 2. The minimum absolute atomic E-state index is 0.345. The Hall–Kier alpha value is -2.95. The summed E-state index contributed by atoms with van der Waals surface area (Å²) in [7, 11) is 0. The molecule has 0 heterocycles. The topological polar surface area (TPSA) is 69.7 Å². The number of Topliss-reactive ketones (excluding diaryl/α,β-unsaturated/α-hetero) is 1. The molecule has 0 aromatic heterocycles. The van der Waals surface area contributed by atoms with Crippen molar-refractivity contribution < 1.29 is 23.9 Å². The van der Waals surface area contributed by atoms with E-state index in [1.165, 1.54) is 38.1 Å². The summed E-state index contributed by atoms with van der Waals surface area (Å²) in [6.45, 7) is 2.55. The van der Waals surface area contributed by atoms with Gasteiger partial charge in [0.15, 0.2) is 6.10 Å². The Kier molecular flexibility index (Phi) is 5.25. The second-order valence-corrected chi connectivity index (χ2v) is 4.88. The highest BCUT2D eigenvalue weighted by atomic mass is 16.5. The molecule has 0 radical (unpaired) electrons. The standard InChI is InChI=1S/C18H16O5/c1-12(19)22-16-10-8-14(9-11-16)17(21)18(23-13(2)20)15-6-4-3-5-7-15/h3-11,18H,1-2H3. The van der Waals surface area contributed by atoms with Crippen LogP contribution in [-0.2, 0) is 14.3 Å². The summed E-state index contributed by atoms with van der Waals surface area (Å²) in [4.78, 5) is 34.8. The van der Waals surface area contributed by atoms with Crippen molar-refractivity contribution in [1.82, 2.24) is 0 Å². The van der Waals surface area contributed by atoms with E-state index in [0.29, 0.717) is 16.9 Å². The molecule has 5 heteroatoms. The van der Waals surface area contributed by atoms with Gasteiger partial charge >= 0.3 is 11.9 Å². The molecule has 1 unspecified atom stereocenters. The Morgan fingerprint density at radius 2 is 1.43 bits per heavy atom. The lowest BCUT2D eigenvalue weighted by molar-refractivity contribution is -0.144. The number of rotatable bonds is 5. The van der Waals surface area contributed by atoms with Crippen LogP contribution in [0.25, 0.3) is 0 Å². The van der Waals surface area contributed by atoms with Gasteiger partial charge in [-0.3, -0.25) is 14.4 Å². The summed E-state index contributed by atoms with van der Waals surface area (Å²) < 4.78 is 10.1. The van der Waals surface area contributed by atoms with Gasteiger partial charge in [-0.2, -0.15) is 0 Å². The molecular formula is C18H16O5. The summed E-state index contributed by atoms with van der Waals surface area (Å²) in [5, 5.41) is 0. The van der Waals surface area contributed by atoms with E-state index >= 15 is 0 Å². The molecule has 0 aliphatic carbocycles. The number of hydrogen-bond acceptors (Lipinski definition) is 5. The maximum absolute atomic E-state index is 12.6. The predicted molar refractivity (Wildman–Crippen MR) is 83.0 cm³/mol. The third-order valence-electron chi connectivity index (χ3n) is 3.02. The first-order valence-electron chi connectivity index (χ1n) is 7.02. The molecule has 0 N–H and O–H groups in total. The quantitative estimate of drug-likeness (QED) is 0.482. The van der Waals surface area contributed by atoms with Crippen LogP contribution in [0.1, 0.15) is 35.9 Å². The highest BCUT2D eigenvalue weighted by Gasteiger charge is 2.25. The van der Waals surface area contributed by atoms with Crippen molar-refractivity contribution in [1.29, 1.82) is 0 Å². The Balaban J connectivity index is 2.26. The Morgan fingerprint density at radius 3 is 1.96 bits per heavy atom. The number of hydrogen-bond donors (Lipinski definition) is 0. The van der Waals surface area contributed by atoms with Crippen LogP contribution in [0.2, 0.25) is 0 Å². The van der Waals surface area contributed by atoms with Crippen molar-refractivity contribution in [3.8, 4) is 5.75 Å². The van der Waals surface area contributed by atoms with E-state index < -0.39 is 18.0 Å². The van der Waals surface area contributed by atoms with Gasteiger partial charge < -0.3 is 9.47 Å². The first-order valence-corrected chi connectivity index (χ1v) is 7.02. The van der Waals surface area contributed by atoms with Gasteiger partial charge in [0.2, 0.25) is 5.78 Å². The summed E-state index contributed by atoms with van der Waals surface area (Å²) in [6, 6.07) is 14.9. The van der Waals surface area contributed by atoms with E-state index in [2.05, 4.69) is 0 Å². The van der Waals surface area contributed by atoms with Gasteiger partial charge in [-0.1, -0.05) is 30.3 Å². The molecule has 23 heavy (non-hydrogen) atoms. The third-order valence-corrected chi connectivity index (χ3v) is 3.02. The minimum atomic E-state index is -1.01. The van der Waals surface area contributed by atoms with Gasteiger partial charge in [-0.15, -0.1) is 0 Å². The molecule has 0 spiro atoms. The Bertz CT molecular complexity index is 704. The molecule has 2 rings (SSSR count). The van der Waals surface area contributed by atoms with Crippen LogP contribution in [0.4, 0.5) is 0 Å². The van der Waals surface area contributed by atoms with Crippen LogP contribution in [0.3, 0.4) is 0 Å². The molecule has 2 aromatic rings. The number of ether oxygens (including phenoxy) is 2. The lowest BCUT2D eigenvalue weighted by atomic mass is 9.99. The van der Waals surface area contributed by atoms with Gasteiger partial charge in [0, 0.05) is 25.0 Å². The van der Waals surface area contributed by atoms with Crippen LogP contribution in [0, 0.1) is 0 Å². The van der Waals surface area contributed by atoms with Crippen molar-refractivity contribution in [3.63, 3.8) is 0 Å². The molecule has 0 aliphatic rings. The normalized spacial score (nSPS) is 11.4. The fourth-order valence-corrected chi connectivity index (χ4v) is 2.07. The number of carbonyl (C=O) groups excluding carboxylic acids is 3. The van der Waals surface area contributed by atoms with E-state index in [0.717, 1.165) is 0 Å². The predicted octanol–water partition coefficient (Wildman–Crippen LogP) is 3.10. The molecule has 0 saturated carbocycles. The lowest BCUT2D eigenvalue weighted by Crippen LogP contribution is -2.18.